The summed E-state index contributed by atoms with van der Waals surface area (Å²) in [5.74, 6) is 1.76. The van der Waals surface area contributed by atoms with E-state index in [2.05, 4.69) is 22.2 Å². The molecule has 2 amide bonds. The van der Waals surface area contributed by atoms with Crippen molar-refractivity contribution >= 4 is 11.7 Å². The highest BCUT2D eigenvalue weighted by atomic mass is 16.6. The summed E-state index contributed by atoms with van der Waals surface area (Å²) in [7, 11) is 5.52. The normalized spacial score (nSPS) is 16.8. The number of ether oxygens (including phenoxy) is 3. The van der Waals surface area contributed by atoms with E-state index in [0.29, 0.717) is 42.0 Å². The number of fused-ring (bicyclic) bond motifs is 1. The van der Waals surface area contributed by atoms with Crippen LogP contribution in [0, 0.1) is 0 Å². The third-order valence-electron chi connectivity index (χ3n) is 5.66. The van der Waals surface area contributed by atoms with E-state index in [-0.39, 0.29) is 12.1 Å². The fourth-order valence-electron chi connectivity index (χ4n) is 3.86. The average molecular weight is 412 g/mol. The molecule has 0 saturated carbocycles. The number of methoxy groups -OCH3 is 1. The summed E-state index contributed by atoms with van der Waals surface area (Å²) in [6, 6.07) is 9.33. The molecule has 0 aliphatic carbocycles. The maximum Gasteiger partial charge on any atom is 0.321 e. The molecular formula is C22H28N4O4. The minimum Gasteiger partial charge on any atom is -0.486 e. The van der Waals surface area contributed by atoms with Crippen molar-refractivity contribution in [3.8, 4) is 28.6 Å². The topological polar surface area (TPSA) is 76.2 Å². The minimum atomic E-state index is -0.140. The molecule has 1 aromatic carbocycles. The van der Waals surface area contributed by atoms with Crippen molar-refractivity contribution in [1.82, 2.24) is 14.8 Å². The van der Waals surface area contributed by atoms with Gasteiger partial charge in [-0.2, -0.15) is 0 Å². The van der Waals surface area contributed by atoms with Crippen LogP contribution < -0.4 is 19.5 Å². The van der Waals surface area contributed by atoms with E-state index >= 15 is 0 Å². The Balaban J connectivity index is 1.57. The lowest BCUT2D eigenvalue weighted by Gasteiger charge is -2.35. The molecular weight excluding hydrogens is 384 g/mol. The molecule has 0 spiro atoms. The second kappa shape index (κ2) is 8.79. The van der Waals surface area contributed by atoms with Gasteiger partial charge in [-0.05, 0) is 51.2 Å². The fourth-order valence-corrected chi connectivity index (χ4v) is 3.86. The van der Waals surface area contributed by atoms with Crippen LogP contribution in [0.2, 0.25) is 0 Å². The molecule has 8 heteroatoms. The molecule has 30 heavy (non-hydrogen) atoms. The Labute approximate surface area is 176 Å². The standard InChI is InChI=1S/C22H28N4O4/c1-25-9-7-16(8-10-25)26(2)22(27)23-15-13-18(24-20(14-15)28-3)17-5-4-6-19-21(17)30-12-11-29-19/h4-6,13-14,16H,7-12H2,1-3H3,(H,23,24,27). The lowest BCUT2D eigenvalue weighted by molar-refractivity contribution is 0.156. The van der Waals surface area contributed by atoms with Gasteiger partial charge in [-0.15, -0.1) is 0 Å². The number of hydrogen-bond donors (Lipinski definition) is 1. The summed E-state index contributed by atoms with van der Waals surface area (Å²) in [6.07, 6.45) is 1.94. The highest BCUT2D eigenvalue weighted by Gasteiger charge is 2.24. The number of likely N-dealkylation sites (tertiary alicyclic amines) is 1. The molecule has 2 aliphatic rings. The number of anilines is 1. The Morgan fingerprint density at radius 2 is 2.00 bits per heavy atom. The second-order valence-corrected chi connectivity index (χ2v) is 7.69. The van der Waals surface area contributed by atoms with Crippen LogP contribution in [-0.4, -0.2) is 74.4 Å². The number of nitrogens with zero attached hydrogens (tertiary/aromatic N) is 3. The number of piperidine rings is 1. The molecule has 0 atom stereocenters. The van der Waals surface area contributed by atoms with E-state index in [1.807, 2.05) is 31.3 Å². The largest absolute Gasteiger partial charge is 0.486 e. The fraction of sp³-hybridized carbons (Fsp3) is 0.455. The van der Waals surface area contributed by atoms with E-state index in [1.54, 1.807) is 18.1 Å². The Morgan fingerprint density at radius 1 is 1.23 bits per heavy atom. The van der Waals surface area contributed by atoms with Crippen molar-refractivity contribution in [2.24, 2.45) is 0 Å². The molecule has 1 saturated heterocycles. The number of rotatable bonds is 4. The van der Waals surface area contributed by atoms with Crippen molar-refractivity contribution in [3.63, 3.8) is 0 Å². The molecule has 0 bridgehead atoms. The van der Waals surface area contributed by atoms with Gasteiger partial charge in [-0.1, -0.05) is 6.07 Å². The number of hydrogen-bond acceptors (Lipinski definition) is 6. The Morgan fingerprint density at radius 3 is 2.77 bits per heavy atom. The third-order valence-corrected chi connectivity index (χ3v) is 5.66. The number of amides is 2. The van der Waals surface area contributed by atoms with Crippen LogP contribution in [0.15, 0.2) is 30.3 Å². The number of benzene rings is 1. The predicted molar refractivity (Wildman–Crippen MR) is 115 cm³/mol. The first-order chi connectivity index (χ1) is 14.5. The molecule has 1 aromatic heterocycles. The first-order valence-corrected chi connectivity index (χ1v) is 10.2. The summed E-state index contributed by atoms with van der Waals surface area (Å²) in [4.78, 5) is 21.5. The number of carbonyl (C=O) groups is 1. The van der Waals surface area contributed by atoms with Gasteiger partial charge < -0.3 is 29.3 Å². The van der Waals surface area contributed by atoms with Crippen LogP contribution in [0.4, 0.5) is 10.5 Å². The van der Waals surface area contributed by atoms with Crippen molar-refractivity contribution < 1.29 is 19.0 Å². The summed E-state index contributed by atoms with van der Waals surface area (Å²) in [5.41, 5.74) is 2.06. The van der Waals surface area contributed by atoms with Crippen LogP contribution >= 0.6 is 0 Å². The highest BCUT2D eigenvalue weighted by Crippen LogP contribution is 2.40. The minimum absolute atomic E-state index is 0.140. The molecule has 2 aromatic rings. The first-order valence-electron chi connectivity index (χ1n) is 10.2. The highest BCUT2D eigenvalue weighted by molar-refractivity contribution is 5.90. The lowest BCUT2D eigenvalue weighted by atomic mass is 10.0. The molecule has 3 heterocycles. The number of para-hydroxylation sites is 1. The summed E-state index contributed by atoms with van der Waals surface area (Å²) >= 11 is 0. The quantitative estimate of drug-likeness (QED) is 0.832. The van der Waals surface area contributed by atoms with Crippen molar-refractivity contribution in [1.29, 1.82) is 0 Å². The number of aromatic nitrogens is 1. The van der Waals surface area contributed by atoms with Crippen LogP contribution in [0.25, 0.3) is 11.3 Å². The molecule has 160 valence electrons. The van der Waals surface area contributed by atoms with Gasteiger partial charge in [0.25, 0.3) is 0 Å². The molecule has 4 rings (SSSR count). The van der Waals surface area contributed by atoms with Gasteiger partial charge in [-0.25, -0.2) is 9.78 Å². The lowest BCUT2D eigenvalue weighted by Crippen LogP contribution is -2.46. The zero-order chi connectivity index (χ0) is 21.1. The zero-order valence-corrected chi connectivity index (χ0v) is 17.7. The van der Waals surface area contributed by atoms with Gasteiger partial charge in [0.1, 0.15) is 13.2 Å². The van der Waals surface area contributed by atoms with Gasteiger partial charge >= 0.3 is 6.03 Å². The Bertz CT molecular complexity index is 912. The molecule has 2 aliphatic heterocycles. The third kappa shape index (κ3) is 4.28. The molecule has 8 nitrogen and oxygen atoms in total. The predicted octanol–water partition coefficient (Wildman–Crippen LogP) is 3.09. The maximum absolute atomic E-state index is 12.9. The number of urea groups is 1. The van der Waals surface area contributed by atoms with Gasteiger partial charge in [0.2, 0.25) is 5.88 Å². The molecule has 1 N–H and O–H groups in total. The first kappa shape index (κ1) is 20.3. The number of carbonyl (C=O) groups excluding carboxylic acids is 1. The van der Waals surface area contributed by atoms with Gasteiger partial charge in [-0.3, -0.25) is 0 Å². The van der Waals surface area contributed by atoms with Crippen LogP contribution in [-0.2, 0) is 0 Å². The zero-order valence-electron chi connectivity index (χ0n) is 17.7. The van der Waals surface area contributed by atoms with E-state index < -0.39 is 0 Å². The Hall–Kier alpha value is -3.00. The summed E-state index contributed by atoms with van der Waals surface area (Å²) in [6.45, 7) is 3.00. The monoisotopic (exact) mass is 412 g/mol. The summed E-state index contributed by atoms with van der Waals surface area (Å²) < 4.78 is 16.9. The van der Waals surface area contributed by atoms with Crippen molar-refractivity contribution in [2.75, 3.05) is 52.8 Å². The smallest absolute Gasteiger partial charge is 0.321 e. The van der Waals surface area contributed by atoms with Crippen LogP contribution in [0.3, 0.4) is 0 Å². The number of pyridine rings is 1. The maximum atomic E-state index is 12.9. The van der Waals surface area contributed by atoms with Crippen LogP contribution in [0.1, 0.15) is 12.8 Å². The molecule has 1 fully saturated rings. The van der Waals surface area contributed by atoms with E-state index in [9.17, 15) is 4.79 Å². The van der Waals surface area contributed by atoms with Gasteiger partial charge in [0.15, 0.2) is 11.5 Å². The van der Waals surface area contributed by atoms with Gasteiger partial charge in [0, 0.05) is 30.4 Å². The number of nitrogens with one attached hydrogen (secondary N) is 1. The van der Waals surface area contributed by atoms with Crippen LogP contribution in [0.5, 0.6) is 17.4 Å². The summed E-state index contributed by atoms with van der Waals surface area (Å²) in [5, 5.41) is 3.00. The van der Waals surface area contributed by atoms with E-state index in [1.165, 1.54) is 0 Å². The average Bonchev–Trinajstić information content (AvgIpc) is 2.78. The second-order valence-electron chi connectivity index (χ2n) is 7.69. The SMILES string of the molecule is COc1cc(NC(=O)N(C)C2CCN(C)CC2)cc(-c2cccc3c2OCCO3)n1. The van der Waals surface area contributed by atoms with Crippen molar-refractivity contribution in [2.45, 2.75) is 18.9 Å². The molecule has 0 radical (unpaired) electrons. The van der Waals surface area contributed by atoms with E-state index in [4.69, 9.17) is 14.2 Å². The van der Waals surface area contributed by atoms with E-state index in [0.717, 1.165) is 31.5 Å². The van der Waals surface area contributed by atoms with Gasteiger partial charge in [0.05, 0.1) is 12.8 Å². The van der Waals surface area contributed by atoms with Crippen molar-refractivity contribution in [3.05, 3.63) is 30.3 Å². The molecule has 0 unspecified atom stereocenters. The Kier molecular flexibility index (Phi) is 5.94.